The number of carbonyl (C=O) groups excluding carboxylic acids is 7. The molecule has 1 aromatic heterocycles. The zero-order chi connectivity index (χ0) is 42.4. The van der Waals surface area contributed by atoms with Gasteiger partial charge in [-0.2, -0.15) is 0 Å². The van der Waals surface area contributed by atoms with Crippen LogP contribution in [0.15, 0.2) is 29.3 Å². The van der Waals surface area contributed by atoms with Crippen molar-refractivity contribution < 1.29 is 53.7 Å². The van der Waals surface area contributed by atoms with Gasteiger partial charge < -0.3 is 52.1 Å². The zero-order valence-corrected chi connectivity index (χ0v) is 33.4. The number of aromatic nitrogens is 1. The van der Waals surface area contributed by atoms with Gasteiger partial charge in [0.1, 0.15) is 29.2 Å². The number of para-hydroxylation sites is 1. The van der Waals surface area contributed by atoms with Crippen molar-refractivity contribution in [3.8, 4) is 0 Å². The Morgan fingerprint density at radius 1 is 0.897 bits per heavy atom. The number of aliphatic hydroxyl groups is 2. The maximum absolute atomic E-state index is 14.5. The summed E-state index contributed by atoms with van der Waals surface area (Å²) in [6.45, 7) is 5.02. The molecule has 1 saturated heterocycles. The maximum Gasteiger partial charge on any atom is 0.305 e. The van der Waals surface area contributed by atoms with Gasteiger partial charge in [-0.1, -0.05) is 45.4 Å². The first-order valence-electron chi connectivity index (χ1n) is 19.2. The second-order valence-electron chi connectivity index (χ2n) is 14.8. The predicted octanol–water partition coefficient (Wildman–Crippen LogP) is -2.35. The Labute approximate surface area is 337 Å². The van der Waals surface area contributed by atoms with Crippen LogP contribution in [0.25, 0.3) is 10.9 Å². The quantitative estimate of drug-likeness (QED) is 0.146. The number of carboxylic acid groups (broad SMARTS) is 1. The average Bonchev–Trinajstić information content (AvgIpc) is 3.72. The van der Waals surface area contributed by atoms with Gasteiger partial charge >= 0.3 is 5.97 Å². The molecule has 5 unspecified atom stereocenters. The van der Waals surface area contributed by atoms with Gasteiger partial charge in [-0.15, -0.1) is 11.8 Å². The van der Waals surface area contributed by atoms with Crippen molar-refractivity contribution in [2.24, 2.45) is 11.8 Å². The molecule has 21 heteroatoms. The van der Waals surface area contributed by atoms with E-state index in [1.807, 2.05) is 6.92 Å². The highest BCUT2D eigenvalue weighted by atomic mass is 32.2. The van der Waals surface area contributed by atoms with Crippen LogP contribution >= 0.6 is 11.8 Å². The average molecular weight is 830 g/mol. The number of hydrogen-bond donors (Lipinski definition) is 10. The first-order chi connectivity index (χ1) is 27.5. The van der Waals surface area contributed by atoms with E-state index in [-0.39, 0.29) is 41.8 Å². The van der Waals surface area contributed by atoms with E-state index in [1.54, 1.807) is 31.2 Å². The predicted molar refractivity (Wildman–Crippen MR) is 208 cm³/mol. The largest absolute Gasteiger partial charge is 0.481 e. The molecule has 9 atom stereocenters. The minimum Gasteiger partial charge on any atom is -0.481 e. The third-order valence-electron chi connectivity index (χ3n) is 10.7. The number of aliphatic carboxylic acids is 1. The molecule has 0 spiro atoms. The summed E-state index contributed by atoms with van der Waals surface area (Å²) < 4.78 is 1.39. The normalized spacial score (nSPS) is 27.3. The Morgan fingerprint density at radius 3 is 2.28 bits per heavy atom. The van der Waals surface area contributed by atoms with Gasteiger partial charge in [0.15, 0.2) is 0 Å². The van der Waals surface area contributed by atoms with Crippen molar-refractivity contribution in [1.29, 1.82) is 0 Å². The Balaban J connectivity index is 1.68. The lowest BCUT2D eigenvalue weighted by Crippen LogP contribution is -2.59. The van der Waals surface area contributed by atoms with Crippen LogP contribution in [-0.4, -0.2) is 141 Å². The van der Waals surface area contributed by atoms with Crippen molar-refractivity contribution in [2.75, 3.05) is 37.4 Å². The first-order valence-corrected chi connectivity index (χ1v) is 20.1. The summed E-state index contributed by atoms with van der Waals surface area (Å²) in [5.74, 6) is -8.03. The van der Waals surface area contributed by atoms with Crippen molar-refractivity contribution in [1.82, 2.24) is 41.5 Å². The summed E-state index contributed by atoms with van der Waals surface area (Å²) in [4.78, 5) is 110. The number of nitrogens with one attached hydrogen (secondary N) is 7. The van der Waals surface area contributed by atoms with E-state index in [0.717, 1.165) is 16.7 Å². The molecule has 0 aliphatic carbocycles. The number of thioether (sulfide) groups is 1. The van der Waals surface area contributed by atoms with Crippen molar-refractivity contribution in [2.45, 2.75) is 94.4 Å². The summed E-state index contributed by atoms with van der Waals surface area (Å²) >= 11 is 1.09. The first kappa shape index (κ1) is 43.9. The molecule has 58 heavy (non-hydrogen) atoms. The second kappa shape index (κ2) is 19.0. The van der Waals surface area contributed by atoms with Crippen LogP contribution < -0.4 is 37.3 Å². The molecule has 1 fully saturated rings. The lowest BCUT2D eigenvalue weighted by molar-refractivity contribution is -0.145. The van der Waals surface area contributed by atoms with Crippen molar-refractivity contribution in [3.63, 3.8) is 0 Å². The van der Waals surface area contributed by atoms with E-state index in [0.29, 0.717) is 17.3 Å². The zero-order valence-electron chi connectivity index (χ0n) is 32.6. The number of hydrogen-bond acceptors (Lipinski definition) is 12. The van der Waals surface area contributed by atoms with Crippen molar-refractivity contribution in [3.05, 3.63) is 29.8 Å². The van der Waals surface area contributed by atoms with Gasteiger partial charge in [0.2, 0.25) is 35.4 Å². The monoisotopic (exact) mass is 829 g/mol. The van der Waals surface area contributed by atoms with E-state index in [4.69, 9.17) is 0 Å². The molecule has 7 amide bonds. The lowest BCUT2D eigenvalue weighted by Gasteiger charge is -2.32. The van der Waals surface area contributed by atoms with Gasteiger partial charge in [0.25, 0.3) is 5.91 Å². The topological polar surface area (TPSA) is 290 Å². The van der Waals surface area contributed by atoms with Crippen LogP contribution in [0, 0.1) is 11.8 Å². The van der Waals surface area contributed by atoms with E-state index < -0.39 is 115 Å². The number of carboxylic acids is 1. The Morgan fingerprint density at radius 2 is 1.59 bits per heavy atom. The van der Waals surface area contributed by atoms with Crippen LogP contribution in [0.4, 0.5) is 0 Å². The van der Waals surface area contributed by atoms with Gasteiger partial charge in [-0.25, -0.2) is 4.68 Å². The molecule has 1 aromatic carbocycles. The second-order valence-corrected chi connectivity index (χ2v) is 15.9. The Kier molecular flexibility index (Phi) is 14.4. The molecule has 20 nitrogen and oxygen atoms in total. The minimum absolute atomic E-state index is 0.0129. The highest BCUT2D eigenvalue weighted by Gasteiger charge is 2.44. The summed E-state index contributed by atoms with van der Waals surface area (Å²) in [7, 11) is 0. The van der Waals surface area contributed by atoms with Crippen LogP contribution in [0.2, 0.25) is 0 Å². The fraction of sp³-hybridized carbons (Fsp3) is 0.568. The number of rotatable bonds is 6. The number of amides is 7. The third-order valence-corrected chi connectivity index (χ3v) is 11.8. The number of aliphatic hydroxyl groups excluding tert-OH is 2. The summed E-state index contributed by atoms with van der Waals surface area (Å²) in [6.07, 6.45) is -2.73. The van der Waals surface area contributed by atoms with E-state index in [9.17, 15) is 53.7 Å². The highest BCUT2D eigenvalue weighted by Crippen LogP contribution is 2.37. The molecular formula is C37H51N9O11S. The van der Waals surface area contributed by atoms with Crippen molar-refractivity contribution >= 4 is 70.0 Å². The number of nitrogens with zero attached hydrogens (tertiary/aromatic N) is 2. The molecule has 4 bridgehead atoms. The van der Waals surface area contributed by atoms with Crippen LogP contribution in [0.5, 0.6) is 0 Å². The van der Waals surface area contributed by atoms with Crippen LogP contribution in [0.3, 0.4) is 0 Å². The highest BCUT2D eigenvalue weighted by molar-refractivity contribution is 7.99. The summed E-state index contributed by atoms with van der Waals surface area (Å²) in [5.41, 5.74) is 3.32. The van der Waals surface area contributed by atoms with Crippen LogP contribution in [0.1, 0.15) is 58.6 Å². The van der Waals surface area contributed by atoms with Gasteiger partial charge in [0.05, 0.1) is 43.3 Å². The Hall–Kier alpha value is -5.25. The SMILES string of the molecule is CC[C@H](C)C1NC(=O)CNC(=O)C2NC(=O)C([C@@H](C)[C@H](C)O)NC(=O)C3C[C@@H](O)CN3C(=O)C(CC(=O)O)NCCSc3c2c2ccccc2n3NC(=O)CNC1=O. The number of fused-ring (bicyclic) bond motifs is 3. The molecular weight excluding hydrogens is 779 g/mol. The molecule has 0 saturated carbocycles. The van der Waals surface area contributed by atoms with Crippen LogP contribution in [-0.2, 0) is 38.4 Å². The molecule has 316 valence electrons. The molecule has 2 aromatic rings. The fourth-order valence-electron chi connectivity index (χ4n) is 7.18. The summed E-state index contributed by atoms with van der Waals surface area (Å²) in [5, 5.41) is 47.6. The standard InChI is InChI=1S/C37H51N9O11S/c1-5-17(2)29-33(54)40-15-26(50)44-46-23-9-7-6-8-21(23)28-31(34(55)39-14-25(49)41-29)43-35(56)30(18(3)19(4)47)42-32(53)24-12-20(48)16-45(24)36(57)22(13-27(51)52)38-10-11-58-37(28)46/h6-9,17-20,22,24,29-31,38,47-48H,5,10-16H2,1-4H3,(H,39,55)(H,40,54)(H,41,49)(H,42,53)(H,43,56)(H,44,50)(H,51,52)/t17-,18-,19-,20+,22?,24?,29?,30?,31?/m0/s1. The van der Waals surface area contributed by atoms with E-state index >= 15 is 0 Å². The molecule has 10 N–H and O–H groups in total. The van der Waals surface area contributed by atoms with Gasteiger partial charge in [-0.3, -0.25) is 43.8 Å². The van der Waals surface area contributed by atoms with E-state index in [1.165, 1.54) is 18.5 Å². The Bertz CT molecular complexity index is 1940. The molecule has 3 aliphatic heterocycles. The number of carbonyl (C=O) groups is 8. The van der Waals surface area contributed by atoms with Gasteiger partial charge in [0, 0.05) is 42.1 Å². The molecule has 3 aliphatic rings. The van der Waals surface area contributed by atoms with Gasteiger partial charge in [-0.05, 0) is 18.9 Å². The minimum atomic E-state index is -1.60. The number of benzene rings is 1. The fourth-order valence-corrected chi connectivity index (χ4v) is 8.25. The lowest BCUT2D eigenvalue weighted by atomic mass is 9.94. The molecule has 0 radical (unpaired) electrons. The third kappa shape index (κ3) is 9.88. The maximum atomic E-state index is 14.5. The molecule has 5 rings (SSSR count). The molecule has 4 heterocycles. The smallest absolute Gasteiger partial charge is 0.305 e. The van der Waals surface area contributed by atoms with E-state index in [2.05, 4.69) is 37.3 Å². The summed E-state index contributed by atoms with van der Waals surface area (Å²) in [6, 6.07) is -0.201.